The molecule has 0 spiro atoms. The van der Waals surface area contributed by atoms with Gasteiger partial charge >= 0.3 is 5.97 Å². The molecule has 7 heteroatoms. The van der Waals surface area contributed by atoms with Gasteiger partial charge in [-0.05, 0) is 67.8 Å². The number of aliphatic hydroxyl groups excluding tert-OH is 1. The van der Waals surface area contributed by atoms with Gasteiger partial charge in [-0.2, -0.15) is 0 Å². The Morgan fingerprint density at radius 3 is 2.39 bits per heavy atom. The summed E-state index contributed by atoms with van der Waals surface area (Å²) in [6, 6.07) is 10.1. The lowest BCUT2D eigenvalue weighted by Crippen LogP contribution is -2.26. The third kappa shape index (κ3) is 10.3. The van der Waals surface area contributed by atoms with Gasteiger partial charge in [-0.3, -0.25) is 4.79 Å². The number of ether oxygens (including phenoxy) is 1. The smallest absolute Gasteiger partial charge is 0.307 e. The maximum absolute atomic E-state index is 12.7. The van der Waals surface area contributed by atoms with E-state index in [-0.39, 0.29) is 30.3 Å². The molecule has 2 aliphatic carbocycles. The number of aromatic nitrogens is 1. The molecule has 38 heavy (non-hydrogen) atoms. The van der Waals surface area contributed by atoms with Crippen molar-refractivity contribution in [3.8, 4) is 5.88 Å². The molecule has 6 nitrogen and oxygen atoms in total. The summed E-state index contributed by atoms with van der Waals surface area (Å²) < 4.78 is 18.5. The van der Waals surface area contributed by atoms with Crippen LogP contribution >= 0.6 is 0 Å². The van der Waals surface area contributed by atoms with Crippen molar-refractivity contribution in [2.24, 2.45) is 5.92 Å². The van der Waals surface area contributed by atoms with Gasteiger partial charge in [0.15, 0.2) is 0 Å². The van der Waals surface area contributed by atoms with Crippen LogP contribution in [0.4, 0.5) is 4.39 Å². The fourth-order valence-electron chi connectivity index (χ4n) is 4.72. The lowest BCUT2D eigenvalue weighted by Gasteiger charge is -2.25. The number of unbranched alkanes of at least 4 members (excludes halogenated alkanes) is 7. The van der Waals surface area contributed by atoms with Crippen LogP contribution in [0.5, 0.6) is 5.88 Å². The number of nitrogens with zero attached hydrogens (tertiary/aromatic N) is 1. The van der Waals surface area contributed by atoms with Gasteiger partial charge in [-0.1, -0.05) is 70.1 Å². The highest BCUT2D eigenvalue weighted by Crippen LogP contribution is 2.47. The monoisotopic (exact) mass is 528 g/mol. The summed E-state index contributed by atoms with van der Waals surface area (Å²) in [7, 11) is 0. The van der Waals surface area contributed by atoms with Gasteiger partial charge < -0.3 is 20.3 Å². The fourth-order valence-corrected chi connectivity index (χ4v) is 4.72. The van der Waals surface area contributed by atoms with Crippen LogP contribution in [0.25, 0.3) is 0 Å². The number of carboxylic acid groups (broad SMARTS) is 1. The number of carboxylic acids is 1. The molecule has 0 amide bonds. The molecule has 1 heterocycles. The maximum Gasteiger partial charge on any atom is 0.307 e. The van der Waals surface area contributed by atoms with Gasteiger partial charge in [0.25, 0.3) is 0 Å². The summed E-state index contributed by atoms with van der Waals surface area (Å²) in [5.41, 5.74) is 1.83. The summed E-state index contributed by atoms with van der Waals surface area (Å²) in [6.07, 6.45) is 16.9. The highest BCUT2D eigenvalue weighted by molar-refractivity contribution is 5.75. The molecule has 3 atom stereocenters. The molecule has 2 aromatic rings. The van der Waals surface area contributed by atoms with E-state index >= 15 is 0 Å². The highest BCUT2D eigenvalue weighted by Gasteiger charge is 2.44. The molecule has 3 N–H and O–H groups in total. The molecular formula is C31H45FN2O4. The van der Waals surface area contributed by atoms with E-state index in [0.29, 0.717) is 18.4 Å². The number of hydrogen-bond acceptors (Lipinski definition) is 5. The van der Waals surface area contributed by atoms with Crippen molar-refractivity contribution >= 4 is 5.97 Å². The third-order valence-electron chi connectivity index (χ3n) is 7.49. The molecule has 2 saturated carbocycles. The second-order valence-corrected chi connectivity index (χ2v) is 10.6. The number of halogens is 1. The molecule has 2 fully saturated rings. The molecule has 210 valence electrons. The van der Waals surface area contributed by atoms with Crippen molar-refractivity contribution in [3.63, 3.8) is 0 Å². The molecule has 0 saturated heterocycles. The molecule has 2 aliphatic rings. The minimum Gasteiger partial charge on any atom is -0.481 e. The number of benzene rings is 1. The van der Waals surface area contributed by atoms with E-state index in [1.807, 2.05) is 18.3 Å². The van der Waals surface area contributed by atoms with E-state index in [9.17, 15) is 14.3 Å². The zero-order valence-corrected chi connectivity index (χ0v) is 22.8. The minimum atomic E-state index is -0.783. The van der Waals surface area contributed by atoms with Gasteiger partial charge in [0, 0.05) is 12.3 Å². The SMILES string of the molecule is CCCCCCCCCCN[C@@H](CO)c1ccc(OC2CCC2)nc1.O=C(O)[C@H]1C[C@@H]1c1cccc(F)c1. The van der Waals surface area contributed by atoms with Gasteiger partial charge in [0.2, 0.25) is 5.88 Å². The summed E-state index contributed by atoms with van der Waals surface area (Å²) in [5, 5.41) is 21.8. The predicted octanol–water partition coefficient (Wildman–Crippen LogP) is 6.79. The zero-order chi connectivity index (χ0) is 27.2. The van der Waals surface area contributed by atoms with Crippen molar-refractivity contribution < 1.29 is 24.1 Å². The first-order valence-corrected chi connectivity index (χ1v) is 14.5. The van der Waals surface area contributed by atoms with Gasteiger partial charge in [0.05, 0.1) is 18.6 Å². The van der Waals surface area contributed by atoms with E-state index in [1.54, 1.807) is 12.1 Å². The average Bonchev–Trinajstić information content (AvgIpc) is 3.70. The van der Waals surface area contributed by atoms with Gasteiger partial charge in [-0.25, -0.2) is 9.37 Å². The molecule has 0 radical (unpaired) electrons. The predicted molar refractivity (Wildman–Crippen MR) is 148 cm³/mol. The quantitative estimate of drug-likeness (QED) is 0.208. The first-order chi connectivity index (χ1) is 18.5. The molecule has 1 aromatic carbocycles. The average molecular weight is 529 g/mol. The Bertz CT molecular complexity index is 951. The Kier molecular flexibility index (Phi) is 13.0. The van der Waals surface area contributed by atoms with Crippen LogP contribution in [0.3, 0.4) is 0 Å². The molecular weight excluding hydrogens is 483 g/mol. The number of aliphatic hydroxyl groups is 1. The van der Waals surface area contributed by atoms with E-state index in [2.05, 4.69) is 17.2 Å². The molecule has 0 bridgehead atoms. The minimum absolute atomic E-state index is 0.0215. The topological polar surface area (TPSA) is 91.7 Å². The number of rotatable bonds is 16. The Morgan fingerprint density at radius 1 is 1.11 bits per heavy atom. The molecule has 0 unspecified atom stereocenters. The van der Waals surface area contributed by atoms with Crippen LogP contribution in [0.1, 0.15) is 107 Å². The number of pyridine rings is 1. The van der Waals surface area contributed by atoms with Gasteiger partial charge in [0.1, 0.15) is 11.9 Å². The third-order valence-corrected chi connectivity index (χ3v) is 7.49. The van der Waals surface area contributed by atoms with Crippen LogP contribution in [0.2, 0.25) is 0 Å². The summed E-state index contributed by atoms with van der Waals surface area (Å²) in [4.78, 5) is 14.9. The Hall–Kier alpha value is -2.51. The van der Waals surface area contributed by atoms with E-state index in [1.165, 1.54) is 69.9 Å². The summed E-state index contributed by atoms with van der Waals surface area (Å²) >= 11 is 0. The number of hydrogen-bond donors (Lipinski definition) is 3. The van der Waals surface area contributed by atoms with Crippen LogP contribution < -0.4 is 10.1 Å². The van der Waals surface area contributed by atoms with Crippen LogP contribution in [0.15, 0.2) is 42.6 Å². The second kappa shape index (κ2) is 16.5. The maximum atomic E-state index is 12.7. The standard InChI is InChI=1S/C21H36N2O2.C10H9FO2/c1-2-3-4-5-6-7-8-9-15-22-20(17-24)18-13-14-21(23-16-18)25-19-11-10-12-19;11-7-3-1-2-6(4-7)8-5-9(8)10(12)13/h13-14,16,19-20,22,24H,2-12,15,17H2,1H3;1-4,8-9H,5H2,(H,12,13)/t20-;8-,9+/m01/s1. The normalized spacial score (nSPS) is 19.1. The van der Waals surface area contributed by atoms with E-state index < -0.39 is 5.97 Å². The zero-order valence-electron chi connectivity index (χ0n) is 22.8. The Morgan fingerprint density at radius 2 is 1.84 bits per heavy atom. The van der Waals surface area contributed by atoms with Crippen molar-refractivity contribution in [2.45, 2.75) is 102 Å². The summed E-state index contributed by atoms with van der Waals surface area (Å²) in [6.45, 7) is 3.30. The van der Waals surface area contributed by atoms with E-state index in [0.717, 1.165) is 30.5 Å². The lowest BCUT2D eigenvalue weighted by atomic mass is 9.96. The Labute approximate surface area is 227 Å². The molecule has 1 aromatic heterocycles. The van der Waals surface area contributed by atoms with Gasteiger partial charge in [-0.15, -0.1) is 0 Å². The first-order valence-electron chi connectivity index (χ1n) is 14.5. The first kappa shape index (κ1) is 30.0. The van der Waals surface area contributed by atoms with Crippen molar-refractivity contribution in [3.05, 3.63) is 59.5 Å². The Balaban J connectivity index is 0.000000256. The van der Waals surface area contributed by atoms with Crippen LogP contribution in [0, 0.1) is 11.7 Å². The van der Waals surface area contributed by atoms with E-state index in [4.69, 9.17) is 9.84 Å². The van der Waals surface area contributed by atoms with Crippen LogP contribution in [-0.2, 0) is 4.79 Å². The largest absolute Gasteiger partial charge is 0.481 e. The highest BCUT2D eigenvalue weighted by atomic mass is 19.1. The van der Waals surface area contributed by atoms with Crippen LogP contribution in [-0.4, -0.2) is 40.4 Å². The number of aliphatic carboxylic acids is 1. The summed E-state index contributed by atoms with van der Waals surface area (Å²) in [5.74, 6) is -0.661. The second-order valence-electron chi connectivity index (χ2n) is 10.6. The van der Waals surface area contributed by atoms with Crippen molar-refractivity contribution in [1.82, 2.24) is 10.3 Å². The molecule has 4 rings (SSSR count). The van der Waals surface area contributed by atoms with Crippen molar-refractivity contribution in [1.29, 1.82) is 0 Å². The fraction of sp³-hybridized carbons (Fsp3) is 0.613. The number of nitrogens with one attached hydrogen (secondary N) is 1. The molecule has 0 aliphatic heterocycles. The lowest BCUT2D eigenvalue weighted by molar-refractivity contribution is -0.138. The van der Waals surface area contributed by atoms with Crippen molar-refractivity contribution in [2.75, 3.05) is 13.2 Å². The number of carbonyl (C=O) groups is 1.